The third-order valence-electron chi connectivity index (χ3n) is 5.33. The molecule has 0 aromatic carbocycles. The topological polar surface area (TPSA) is 122 Å². The molecule has 0 radical (unpaired) electrons. The average Bonchev–Trinajstić information content (AvgIpc) is 3.28. The van der Waals surface area contributed by atoms with Crippen molar-refractivity contribution in [3.8, 4) is 0 Å². The number of halogens is 2. The van der Waals surface area contributed by atoms with Gasteiger partial charge in [-0.25, -0.2) is 23.1 Å². The number of rotatable bonds is 7. The predicted molar refractivity (Wildman–Crippen MR) is 106 cm³/mol. The maximum Gasteiger partial charge on any atom is 0.318 e. The van der Waals surface area contributed by atoms with Gasteiger partial charge in [0.05, 0.1) is 50.5 Å². The molecule has 5 rings (SSSR count). The van der Waals surface area contributed by atoms with Gasteiger partial charge in [-0.1, -0.05) is 0 Å². The molecule has 4 heterocycles. The summed E-state index contributed by atoms with van der Waals surface area (Å²) < 4.78 is 28.7. The molecule has 0 atom stereocenters. The lowest BCUT2D eigenvalue weighted by Gasteiger charge is -2.32. The van der Waals surface area contributed by atoms with Gasteiger partial charge in [-0.05, 0) is 30.4 Å². The van der Waals surface area contributed by atoms with Crippen LogP contribution in [-0.4, -0.2) is 65.4 Å². The van der Waals surface area contributed by atoms with Gasteiger partial charge in [-0.2, -0.15) is 15.0 Å². The number of amides is 3. The number of nitrogens with one attached hydrogen (secondary N) is 2. The van der Waals surface area contributed by atoms with Crippen molar-refractivity contribution >= 4 is 17.6 Å². The Labute approximate surface area is 180 Å². The van der Waals surface area contributed by atoms with Crippen molar-refractivity contribution in [2.75, 3.05) is 13.1 Å². The van der Waals surface area contributed by atoms with E-state index in [1.807, 2.05) is 0 Å². The number of alkyl halides is 2. The summed E-state index contributed by atoms with van der Waals surface area (Å²) in [5.41, 5.74) is 1.85. The first kappa shape index (κ1) is 20.3. The molecule has 1 saturated carbocycles. The normalized spacial score (nSPS) is 18.1. The molecular formula is C19H21F2N9O2. The minimum atomic E-state index is -2.98. The second-order valence-electron chi connectivity index (χ2n) is 8.18. The van der Waals surface area contributed by atoms with E-state index in [2.05, 4.69) is 30.9 Å². The van der Waals surface area contributed by atoms with E-state index in [0.717, 1.165) is 11.4 Å². The first-order valence-electron chi connectivity index (χ1n) is 10.3. The Morgan fingerprint density at radius 1 is 1.28 bits per heavy atom. The van der Waals surface area contributed by atoms with E-state index in [-0.39, 0.29) is 24.7 Å². The summed E-state index contributed by atoms with van der Waals surface area (Å²) in [5, 5.41) is 17.5. The molecule has 2 aliphatic rings. The van der Waals surface area contributed by atoms with Gasteiger partial charge in [-0.3, -0.25) is 4.79 Å². The number of fused-ring (bicyclic) bond motifs is 1. The first-order chi connectivity index (χ1) is 15.3. The molecule has 0 bridgehead atoms. The Morgan fingerprint density at radius 2 is 2.12 bits per heavy atom. The lowest BCUT2D eigenvalue weighted by Crippen LogP contribution is -2.56. The number of urea groups is 1. The Balaban J connectivity index is 1.21. The van der Waals surface area contributed by atoms with E-state index >= 15 is 0 Å². The zero-order valence-electron chi connectivity index (χ0n) is 17.0. The summed E-state index contributed by atoms with van der Waals surface area (Å²) in [5.74, 6) is -2.72. The molecule has 1 aliphatic heterocycles. The highest BCUT2D eigenvalue weighted by Crippen LogP contribution is 2.29. The lowest BCUT2D eigenvalue weighted by atomic mass is 10.2. The van der Waals surface area contributed by atoms with Crippen LogP contribution < -0.4 is 10.6 Å². The van der Waals surface area contributed by atoms with E-state index in [1.54, 1.807) is 17.1 Å². The molecule has 168 valence electrons. The van der Waals surface area contributed by atoms with Crippen molar-refractivity contribution < 1.29 is 18.4 Å². The molecule has 32 heavy (non-hydrogen) atoms. The van der Waals surface area contributed by atoms with Gasteiger partial charge < -0.3 is 15.5 Å². The molecule has 0 unspecified atom stereocenters. The van der Waals surface area contributed by atoms with E-state index < -0.39 is 25.0 Å². The maximum absolute atomic E-state index is 13.6. The molecule has 3 amide bonds. The second-order valence-corrected chi connectivity index (χ2v) is 8.18. The standard InChI is InChI=1S/C19H21F2N9O2/c20-19(21)10-23-18(32)28(11-19)7-13-3-16-26-14(9-29(16)24-4-13)5-22-17(31)15-6-25-30(27-15)8-12-1-2-12/h3-4,6,9,12H,1-2,5,7-8,10-11H2,(H,22,31)(H,23,32). The quantitative estimate of drug-likeness (QED) is 0.555. The summed E-state index contributed by atoms with van der Waals surface area (Å²) in [4.78, 5) is 31.2. The van der Waals surface area contributed by atoms with Gasteiger partial charge in [0.25, 0.3) is 11.8 Å². The van der Waals surface area contributed by atoms with Crippen LogP contribution in [0.2, 0.25) is 0 Å². The Kier molecular flexibility index (Phi) is 4.94. The number of hydrogen-bond donors (Lipinski definition) is 2. The van der Waals surface area contributed by atoms with Crippen LogP contribution in [-0.2, 0) is 19.6 Å². The van der Waals surface area contributed by atoms with Crippen LogP contribution >= 0.6 is 0 Å². The molecule has 13 heteroatoms. The number of imidazole rings is 1. The fraction of sp³-hybridized carbons (Fsp3) is 0.474. The van der Waals surface area contributed by atoms with Crippen molar-refractivity contribution in [1.82, 2.24) is 45.1 Å². The zero-order chi connectivity index (χ0) is 22.3. The number of nitrogens with zero attached hydrogens (tertiary/aromatic N) is 7. The molecule has 2 fully saturated rings. The van der Waals surface area contributed by atoms with Crippen LogP contribution in [0.1, 0.15) is 34.6 Å². The SMILES string of the molecule is O=C(NCc1cn2ncc(CN3CC(F)(F)CNC3=O)cc2n1)c1cnn(CC2CC2)n1. The van der Waals surface area contributed by atoms with Crippen LogP contribution in [0.15, 0.2) is 24.7 Å². The van der Waals surface area contributed by atoms with Gasteiger partial charge >= 0.3 is 6.03 Å². The van der Waals surface area contributed by atoms with E-state index in [4.69, 9.17) is 0 Å². The second kappa shape index (κ2) is 7.80. The molecule has 3 aromatic rings. The molecule has 0 spiro atoms. The Morgan fingerprint density at radius 3 is 2.94 bits per heavy atom. The summed E-state index contributed by atoms with van der Waals surface area (Å²) in [7, 11) is 0. The van der Waals surface area contributed by atoms with Crippen molar-refractivity contribution in [1.29, 1.82) is 0 Å². The van der Waals surface area contributed by atoms with Crippen LogP contribution in [0.25, 0.3) is 5.65 Å². The summed E-state index contributed by atoms with van der Waals surface area (Å²) in [6.45, 7) is -0.439. The van der Waals surface area contributed by atoms with Crippen LogP contribution in [0.3, 0.4) is 0 Å². The molecule has 1 aliphatic carbocycles. The molecule has 1 saturated heterocycles. The van der Waals surface area contributed by atoms with Crippen LogP contribution in [0, 0.1) is 5.92 Å². The third-order valence-corrected chi connectivity index (χ3v) is 5.33. The van der Waals surface area contributed by atoms with Crippen LogP contribution in [0.4, 0.5) is 13.6 Å². The minimum absolute atomic E-state index is 0.0135. The van der Waals surface area contributed by atoms with Crippen molar-refractivity contribution in [2.45, 2.75) is 38.4 Å². The molecule has 2 N–H and O–H groups in total. The van der Waals surface area contributed by atoms with Gasteiger partial charge in [-0.15, -0.1) is 5.10 Å². The van der Waals surface area contributed by atoms with E-state index in [1.165, 1.54) is 29.8 Å². The molecular weight excluding hydrogens is 424 g/mol. The highest BCUT2D eigenvalue weighted by Gasteiger charge is 2.38. The number of carbonyl (C=O) groups excluding carboxylic acids is 2. The van der Waals surface area contributed by atoms with E-state index in [0.29, 0.717) is 22.8 Å². The summed E-state index contributed by atoms with van der Waals surface area (Å²) >= 11 is 0. The van der Waals surface area contributed by atoms with Crippen molar-refractivity contribution in [3.05, 3.63) is 41.6 Å². The largest absolute Gasteiger partial charge is 0.345 e. The van der Waals surface area contributed by atoms with Crippen LogP contribution in [0.5, 0.6) is 0 Å². The predicted octanol–water partition coefficient (Wildman–Crippen LogP) is 0.821. The molecule has 3 aromatic heterocycles. The number of hydrogen-bond acceptors (Lipinski definition) is 6. The fourth-order valence-electron chi connectivity index (χ4n) is 3.49. The third kappa shape index (κ3) is 4.50. The van der Waals surface area contributed by atoms with Gasteiger partial charge in [0.2, 0.25) is 0 Å². The smallest absolute Gasteiger partial charge is 0.318 e. The van der Waals surface area contributed by atoms with Crippen molar-refractivity contribution in [3.63, 3.8) is 0 Å². The highest BCUT2D eigenvalue weighted by molar-refractivity contribution is 5.91. The van der Waals surface area contributed by atoms with Gasteiger partial charge in [0.1, 0.15) is 0 Å². The van der Waals surface area contributed by atoms with Gasteiger partial charge in [0, 0.05) is 6.54 Å². The lowest BCUT2D eigenvalue weighted by molar-refractivity contribution is -0.0367. The van der Waals surface area contributed by atoms with Crippen molar-refractivity contribution in [2.24, 2.45) is 5.92 Å². The Bertz CT molecular complexity index is 1170. The molecule has 11 nitrogen and oxygen atoms in total. The number of aromatic nitrogens is 6. The van der Waals surface area contributed by atoms with E-state index in [9.17, 15) is 18.4 Å². The minimum Gasteiger partial charge on any atom is -0.345 e. The maximum atomic E-state index is 13.6. The number of carbonyl (C=O) groups is 2. The average molecular weight is 445 g/mol. The Hall–Kier alpha value is -3.64. The highest BCUT2D eigenvalue weighted by atomic mass is 19.3. The van der Waals surface area contributed by atoms with Gasteiger partial charge in [0.15, 0.2) is 11.3 Å². The summed E-state index contributed by atoms with van der Waals surface area (Å²) in [6.07, 6.45) is 6.94. The zero-order valence-corrected chi connectivity index (χ0v) is 17.0. The summed E-state index contributed by atoms with van der Waals surface area (Å²) in [6, 6.07) is 1.12. The fourth-order valence-corrected chi connectivity index (χ4v) is 3.49. The monoisotopic (exact) mass is 445 g/mol. The first-order valence-corrected chi connectivity index (χ1v) is 10.3.